The van der Waals surface area contributed by atoms with Gasteiger partial charge in [-0.25, -0.2) is 0 Å². The van der Waals surface area contributed by atoms with Gasteiger partial charge in [-0.1, -0.05) is 16.7 Å². The van der Waals surface area contributed by atoms with Crippen LogP contribution in [0.2, 0.25) is 4.34 Å². The Morgan fingerprint density at radius 3 is 2.83 bits per heavy atom. The second-order valence-corrected chi connectivity index (χ2v) is 3.63. The van der Waals surface area contributed by atoms with E-state index in [0.29, 0.717) is 10.2 Å². The van der Waals surface area contributed by atoms with Gasteiger partial charge in [0.2, 0.25) is 0 Å². The van der Waals surface area contributed by atoms with Crippen LogP contribution in [0.15, 0.2) is 15.9 Å². The summed E-state index contributed by atoms with van der Waals surface area (Å²) in [6.07, 6.45) is 0. The topological polar surface area (TPSA) is 64.9 Å². The maximum atomic E-state index is 5.71. The van der Waals surface area contributed by atoms with Gasteiger partial charge in [-0.2, -0.15) is 0 Å². The van der Waals surface area contributed by atoms with Crippen molar-refractivity contribution in [2.24, 2.45) is 0 Å². The van der Waals surface area contributed by atoms with Crippen molar-refractivity contribution in [1.82, 2.24) is 10.2 Å². The first-order valence-corrected chi connectivity index (χ1v) is 4.35. The van der Waals surface area contributed by atoms with E-state index in [1.165, 1.54) is 11.3 Å². The molecule has 0 bridgehead atoms. The van der Waals surface area contributed by atoms with Crippen molar-refractivity contribution in [2.75, 3.05) is 5.73 Å². The molecule has 0 unspecified atom stereocenters. The average molecular weight is 202 g/mol. The minimum atomic E-state index is 0.0623. The molecule has 2 heterocycles. The van der Waals surface area contributed by atoms with E-state index in [1.54, 1.807) is 6.07 Å². The predicted octanol–water partition coefficient (Wildman–Crippen LogP) is 2.03. The summed E-state index contributed by atoms with van der Waals surface area (Å²) in [4.78, 5) is 0. The van der Waals surface area contributed by atoms with Crippen LogP contribution in [0.5, 0.6) is 0 Å². The smallest absolute Gasteiger partial charge is 0.313 e. The Labute approximate surface area is 77.0 Å². The number of thiophene rings is 1. The van der Waals surface area contributed by atoms with Crippen molar-refractivity contribution in [3.63, 3.8) is 0 Å². The van der Waals surface area contributed by atoms with E-state index in [2.05, 4.69) is 10.2 Å². The highest BCUT2D eigenvalue weighted by Crippen LogP contribution is 2.27. The Bertz CT molecular complexity index is 359. The standard InChI is InChI=1S/C6H4ClN3OS/c7-4-1-3(2-12-4)5-9-10-6(8)11-5/h1-2H,(H2,8,10). The van der Waals surface area contributed by atoms with Crippen LogP contribution in [0.25, 0.3) is 11.5 Å². The lowest BCUT2D eigenvalue weighted by molar-refractivity contribution is 0.590. The Kier molecular flexibility index (Phi) is 1.74. The molecule has 62 valence electrons. The van der Waals surface area contributed by atoms with Crippen molar-refractivity contribution in [3.05, 3.63) is 15.8 Å². The third-order valence-electron chi connectivity index (χ3n) is 1.26. The van der Waals surface area contributed by atoms with Gasteiger partial charge in [0.25, 0.3) is 5.89 Å². The lowest BCUT2D eigenvalue weighted by Gasteiger charge is -1.83. The van der Waals surface area contributed by atoms with E-state index in [4.69, 9.17) is 21.8 Å². The number of hydrogen-bond donors (Lipinski definition) is 1. The van der Waals surface area contributed by atoms with Crippen LogP contribution in [0.3, 0.4) is 0 Å². The highest BCUT2D eigenvalue weighted by atomic mass is 35.5. The number of hydrogen-bond acceptors (Lipinski definition) is 5. The van der Waals surface area contributed by atoms with E-state index in [0.717, 1.165) is 5.56 Å². The van der Waals surface area contributed by atoms with Crippen LogP contribution in [0.1, 0.15) is 0 Å². The molecule has 0 atom stereocenters. The van der Waals surface area contributed by atoms with Gasteiger partial charge in [-0.15, -0.1) is 16.4 Å². The van der Waals surface area contributed by atoms with Gasteiger partial charge in [0.15, 0.2) is 0 Å². The summed E-state index contributed by atoms with van der Waals surface area (Å²) in [6, 6.07) is 1.81. The molecule has 2 aromatic heterocycles. The van der Waals surface area contributed by atoms with Gasteiger partial charge >= 0.3 is 6.01 Å². The van der Waals surface area contributed by atoms with E-state index < -0.39 is 0 Å². The zero-order chi connectivity index (χ0) is 8.55. The lowest BCUT2D eigenvalue weighted by atomic mass is 10.3. The molecule has 0 amide bonds. The van der Waals surface area contributed by atoms with Gasteiger partial charge < -0.3 is 10.2 Å². The van der Waals surface area contributed by atoms with E-state index in [1.807, 2.05) is 5.38 Å². The first kappa shape index (κ1) is 7.57. The molecule has 0 aromatic carbocycles. The molecule has 2 N–H and O–H groups in total. The summed E-state index contributed by atoms with van der Waals surface area (Å²) >= 11 is 7.12. The van der Waals surface area contributed by atoms with Gasteiger partial charge in [-0.3, -0.25) is 0 Å². The molecule has 0 saturated heterocycles. The fraction of sp³-hybridized carbons (Fsp3) is 0. The van der Waals surface area contributed by atoms with Crippen molar-refractivity contribution >= 4 is 29.0 Å². The van der Waals surface area contributed by atoms with E-state index in [-0.39, 0.29) is 6.01 Å². The normalized spacial score (nSPS) is 10.4. The van der Waals surface area contributed by atoms with Gasteiger partial charge in [0, 0.05) is 5.38 Å². The van der Waals surface area contributed by atoms with Gasteiger partial charge in [-0.05, 0) is 6.07 Å². The van der Waals surface area contributed by atoms with Gasteiger partial charge in [0.05, 0.1) is 9.90 Å². The number of nitrogens with zero attached hydrogens (tertiary/aromatic N) is 2. The fourth-order valence-electron chi connectivity index (χ4n) is 0.773. The van der Waals surface area contributed by atoms with E-state index in [9.17, 15) is 0 Å². The average Bonchev–Trinajstić information content (AvgIpc) is 2.58. The van der Waals surface area contributed by atoms with Crippen LogP contribution >= 0.6 is 22.9 Å². The van der Waals surface area contributed by atoms with Crippen molar-refractivity contribution < 1.29 is 4.42 Å². The Balaban J connectivity index is 2.43. The third kappa shape index (κ3) is 1.28. The molecular formula is C6H4ClN3OS. The monoisotopic (exact) mass is 201 g/mol. The van der Waals surface area contributed by atoms with Crippen LogP contribution in [0, 0.1) is 0 Å². The molecule has 2 aromatic rings. The first-order valence-electron chi connectivity index (χ1n) is 3.09. The third-order valence-corrected chi connectivity index (χ3v) is 2.35. The van der Waals surface area contributed by atoms with Crippen molar-refractivity contribution in [1.29, 1.82) is 0 Å². The molecule has 12 heavy (non-hydrogen) atoms. The molecule has 0 fully saturated rings. The predicted molar refractivity (Wildman–Crippen MR) is 47.0 cm³/mol. The second kappa shape index (κ2) is 2.76. The molecule has 0 aliphatic heterocycles. The molecule has 0 saturated carbocycles. The Morgan fingerprint density at radius 1 is 1.50 bits per heavy atom. The molecule has 6 heteroatoms. The lowest BCUT2D eigenvalue weighted by Crippen LogP contribution is -1.81. The van der Waals surface area contributed by atoms with Gasteiger partial charge in [0.1, 0.15) is 0 Å². The molecule has 0 aliphatic rings. The van der Waals surface area contributed by atoms with Crippen LogP contribution in [-0.4, -0.2) is 10.2 Å². The highest BCUT2D eigenvalue weighted by molar-refractivity contribution is 7.14. The van der Waals surface area contributed by atoms with Crippen LogP contribution < -0.4 is 5.73 Å². The summed E-state index contributed by atoms with van der Waals surface area (Å²) in [5.41, 5.74) is 6.05. The minimum Gasteiger partial charge on any atom is -0.404 e. The van der Waals surface area contributed by atoms with Crippen molar-refractivity contribution in [3.8, 4) is 11.5 Å². The molecule has 0 radical (unpaired) electrons. The Morgan fingerprint density at radius 2 is 2.33 bits per heavy atom. The summed E-state index contributed by atoms with van der Waals surface area (Å²) in [6.45, 7) is 0. The number of rotatable bonds is 1. The van der Waals surface area contributed by atoms with Crippen molar-refractivity contribution in [2.45, 2.75) is 0 Å². The summed E-state index contributed by atoms with van der Waals surface area (Å²) < 4.78 is 5.67. The summed E-state index contributed by atoms with van der Waals surface area (Å²) in [5.74, 6) is 0.399. The van der Waals surface area contributed by atoms with Crippen LogP contribution in [0.4, 0.5) is 6.01 Å². The largest absolute Gasteiger partial charge is 0.404 e. The first-order chi connectivity index (χ1) is 5.75. The highest BCUT2D eigenvalue weighted by Gasteiger charge is 2.07. The minimum absolute atomic E-state index is 0.0623. The molecule has 0 spiro atoms. The number of halogens is 1. The molecule has 4 nitrogen and oxygen atoms in total. The Hall–Kier alpha value is -1.07. The van der Waals surface area contributed by atoms with E-state index >= 15 is 0 Å². The molecule has 2 rings (SSSR count). The zero-order valence-corrected chi connectivity index (χ0v) is 7.39. The maximum Gasteiger partial charge on any atom is 0.313 e. The summed E-state index contributed by atoms with van der Waals surface area (Å²) in [5, 5.41) is 9.06. The number of aromatic nitrogens is 2. The maximum absolute atomic E-state index is 5.71. The summed E-state index contributed by atoms with van der Waals surface area (Å²) in [7, 11) is 0. The number of nitrogens with two attached hydrogens (primary N) is 1. The van der Waals surface area contributed by atoms with Crippen LogP contribution in [-0.2, 0) is 0 Å². The second-order valence-electron chi connectivity index (χ2n) is 2.08. The number of anilines is 1. The molecule has 0 aliphatic carbocycles. The SMILES string of the molecule is Nc1nnc(-c2csc(Cl)c2)o1. The quantitative estimate of drug-likeness (QED) is 0.767. The molecular weight excluding hydrogens is 198 g/mol. The zero-order valence-electron chi connectivity index (χ0n) is 5.82. The fourth-order valence-corrected chi connectivity index (χ4v) is 1.63. The number of nitrogen functional groups attached to an aromatic ring is 1.